The summed E-state index contributed by atoms with van der Waals surface area (Å²) in [6, 6.07) is 3.18. The molecule has 0 spiro atoms. The number of aromatic nitrogens is 1. The van der Waals surface area contributed by atoms with Gasteiger partial charge in [0.1, 0.15) is 5.82 Å². The number of benzene rings is 1. The Labute approximate surface area is 104 Å². The van der Waals surface area contributed by atoms with Crippen LogP contribution in [0.4, 0.5) is 4.39 Å². The number of fused-ring (bicyclic) bond motifs is 1. The van der Waals surface area contributed by atoms with Crippen LogP contribution in [0.25, 0.3) is 10.9 Å². The summed E-state index contributed by atoms with van der Waals surface area (Å²) in [6.07, 6.45) is 3.82. The van der Waals surface area contributed by atoms with E-state index in [1.54, 1.807) is 6.20 Å². The normalized spacial score (nSPS) is 17.7. The highest BCUT2D eigenvalue weighted by molar-refractivity contribution is 5.88. The molecule has 1 fully saturated rings. The Bertz CT molecular complexity index is 641. The molecule has 3 rings (SSSR count). The van der Waals surface area contributed by atoms with Gasteiger partial charge in [0.15, 0.2) is 0 Å². The number of nitrogens with one attached hydrogen (secondary N) is 1. The largest absolute Gasteiger partial charge is 0.481 e. The van der Waals surface area contributed by atoms with Crippen molar-refractivity contribution in [2.75, 3.05) is 0 Å². The number of carboxylic acid groups (broad SMARTS) is 1. The predicted molar refractivity (Wildman–Crippen MR) is 66.2 cm³/mol. The molecule has 2 aromatic rings. The second kappa shape index (κ2) is 3.57. The molecular weight excluding hydrogens is 233 g/mol. The highest BCUT2D eigenvalue weighted by Gasteiger charge is 2.46. The number of rotatable bonds is 2. The average Bonchev–Trinajstić information content (AvgIpc) is 2.59. The molecule has 0 aliphatic heterocycles. The van der Waals surface area contributed by atoms with E-state index in [4.69, 9.17) is 0 Å². The van der Waals surface area contributed by atoms with Crippen molar-refractivity contribution in [1.29, 1.82) is 0 Å². The van der Waals surface area contributed by atoms with Gasteiger partial charge in [-0.1, -0.05) is 6.42 Å². The summed E-state index contributed by atoms with van der Waals surface area (Å²) in [5.41, 5.74) is 1.11. The van der Waals surface area contributed by atoms with Crippen LogP contribution in [0.3, 0.4) is 0 Å². The lowest BCUT2D eigenvalue weighted by Crippen LogP contribution is -2.42. The van der Waals surface area contributed by atoms with Crippen LogP contribution in [-0.4, -0.2) is 16.1 Å². The molecule has 2 N–H and O–H groups in total. The van der Waals surface area contributed by atoms with Gasteiger partial charge in [-0.15, -0.1) is 0 Å². The van der Waals surface area contributed by atoms with Crippen molar-refractivity contribution in [3.63, 3.8) is 0 Å². The van der Waals surface area contributed by atoms with Crippen molar-refractivity contribution in [1.82, 2.24) is 4.98 Å². The zero-order valence-electron chi connectivity index (χ0n) is 10.1. The van der Waals surface area contributed by atoms with Crippen LogP contribution >= 0.6 is 0 Å². The van der Waals surface area contributed by atoms with E-state index < -0.39 is 11.4 Å². The summed E-state index contributed by atoms with van der Waals surface area (Å²) in [7, 11) is 0. The lowest BCUT2D eigenvalue weighted by Gasteiger charge is -2.38. The highest BCUT2D eigenvalue weighted by atomic mass is 19.1. The summed E-state index contributed by atoms with van der Waals surface area (Å²) in [5.74, 6) is -1.22. The Hall–Kier alpha value is -1.84. The van der Waals surface area contributed by atoms with Gasteiger partial charge in [-0.2, -0.15) is 0 Å². The van der Waals surface area contributed by atoms with Crippen LogP contribution in [0.15, 0.2) is 18.3 Å². The summed E-state index contributed by atoms with van der Waals surface area (Å²) in [5, 5.41) is 10.2. The zero-order chi connectivity index (χ0) is 12.9. The minimum atomic E-state index is -0.876. The number of halogens is 1. The fourth-order valence-electron chi connectivity index (χ4n) is 2.76. The van der Waals surface area contributed by atoms with Crippen LogP contribution in [0, 0.1) is 12.7 Å². The molecule has 0 saturated heterocycles. The Balaban J connectivity index is 2.24. The van der Waals surface area contributed by atoms with E-state index in [-0.39, 0.29) is 5.82 Å². The summed E-state index contributed by atoms with van der Waals surface area (Å²) in [6.45, 7) is 1.89. The number of aryl methyl sites for hydroxylation is 1. The minimum absolute atomic E-state index is 0.372. The third kappa shape index (κ3) is 1.32. The fourth-order valence-corrected chi connectivity index (χ4v) is 2.76. The summed E-state index contributed by atoms with van der Waals surface area (Å²) >= 11 is 0. The Kier molecular flexibility index (Phi) is 2.24. The third-order valence-electron chi connectivity index (χ3n) is 4.12. The zero-order valence-corrected chi connectivity index (χ0v) is 10.1. The third-order valence-corrected chi connectivity index (χ3v) is 4.12. The maximum Gasteiger partial charge on any atom is 0.314 e. The Morgan fingerprint density at radius 1 is 1.44 bits per heavy atom. The van der Waals surface area contributed by atoms with E-state index >= 15 is 0 Å². The van der Waals surface area contributed by atoms with Gasteiger partial charge in [0, 0.05) is 11.6 Å². The lowest BCUT2D eigenvalue weighted by molar-refractivity contribution is -0.147. The molecule has 94 valence electrons. The van der Waals surface area contributed by atoms with Gasteiger partial charge in [-0.25, -0.2) is 4.39 Å². The number of hydrogen-bond donors (Lipinski definition) is 2. The molecule has 1 aromatic heterocycles. The van der Waals surface area contributed by atoms with Crippen LogP contribution in [0.1, 0.15) is 30.4 Å². The minimum Gasteiger partial charge on any atom is -0.481 e. The maximum absolute atomic E-state index is 14.0. The maximum atomic E-state index is 14.0. The van der Waals surface area contributed by atoms with Gasteiger partial charge in [0.25, 0.3) is 0 Å². The first-order valence-electron chi connectivity index (χ1n) is 6.06. The smallest absolute Gasteiger partial charge is 0.314 e. The van der Waals surface area contributed by atoms with Crippen LogP contribution < -0.4 is 0 Å². The molecule has 1 saturated carbocycles. The standard InChI is InChI=1S/C14H14FNO2/c1-8-7-16-12-10(8)5-9(6-11(12)15)14(13(17)18)3-2-4-14/h5-7,16H,2-4H2,1H3,(H,17,18). The molecule has 0 bridgehead atoms. The van der Waals surface area contributed by atoms with Crippen LogP contribution in [-0.2, 0) is 10.2 Å². The van der Waals surface area contributed by atoms with Crippen molar-refractivity contribution in [3.8, 4) is 0 Å². The molecule has 0 radical (unpaired) electrons. The molecule has 1 heterocycles. The average molecular weight is 247 g/mol. The van der Waals surface area contributed by atoms with E-state index in [2.05, 4.69) is 4.98 Å². The Morgan fingerprint density at radius 3 is 2.72 bits per heavy atom. The van der Waals surface area contributed by atoms with Crippen LogP contribution in [0.5, 0.6) is 0 Å². The number of carbonyl (C=O) groups is 1. The molecule has 4 heteroatoms. The summed E-state index contributed by atoms with van der Waals surface area (Å²) in [4.78, 5) is 14.3. The molecule has 0 atom stereocenters. The van der Waals surface area contributed by atoms with E-state index in [1.807, 2.05) is 13.0 Å². The molecule has 1 aliphatic carbocycles. The van der Waals surface area contributed by atoms with E-state index in [1.165, 1.54) is 6.07 Å². The van der Waals surface area contributed by atoms with Crippen LogP contribution in [0.2, 0.25) is 0 Å². The lowest BCUT2D eigenvalue weighted by atomic mass is 9.64. The van der Waals surface area contributed by atoms with Crippen molar-refractivity contribution < 1.29 is 14.3 Å². The quantitative estimate of drug-likeness (QED) is 0.856. The predicted octanol–water partition coefficient (Wildman–Crippen LogP) is 3.12. The van der Waals surface area contributed by atoms with Crippen molar-refractivity contribution in [2.24, 2.45) is 0 Å². The van der Waals surface area contributed by atoms with Gasteiger partial charge < -0.3 is 10.1 Å². The van der Waals surface area contributed by atoms with E-state index in [9.17, 15) is 14.3 Å². The molecular formula is C14H14FNO2. The van der Waals surface area contributed by atoms with Crippen molar-refractivity contribution >= 4 is 16.9 Å². The van der Waals surface area contributed by atoms with Gasteiger partial charge >= 0.3 is 5.97 Å². The second-order valence-electron chi connectivity index (χ2n) is 5.09. The van der Waals surface area contributed by atoms with E-state index in [0.717, 1.165) is 17.4 Å². The topological polar surface area (TPSA) is 53.1 Å². The molecule has 0 amide bonds. The number of hydrogen-bond acceptors (Lipinski definition) is 1. The highest BCUT2D eigenvalue weighted by Crippen LogP contribution is 2.45. The number of aromatic amines is 1. The number of H-pyrrole nitrogens is 1. The van der Waals surface area contributed by atoms with E-state index in [0.29, 0.717) is 23.9 Å². The molecule has 18 heavy (non-hydrogen) atoms. The monoisotopic (exact) mass is 247 g/mol. The second-order valence-corrected chi connectivity index (χ2v) is 5.09. The van der Waals surface area contributed by atoms with Crippen molar-refractivity contribution in [3.05, 3.63) is 35.3 Å². The Morgan fingerprint density at radius 2 is 2.17 bits per heavy atom. The SMILES string of the molecule is Cc1c[nH]c2c(F)cc(C3(C(=O)O)CCC3)cc12. The number of aliphatic carboxylic acids is 1. The number of carboxylic acids is 1. The first-order chi connectivity index (χ1) is 8.54. The van der Waals surface area contributed by atoms with Crippen molar-refractivity contribution in [2.45, 2.75) is 31.6 Å². The van der Waals surface area contributed by atoms with Gasteiger partial charge in [0.05, 0.1) is 10.9 Å². The van der Waals surface area contributed by atoms with Gasteiger partial charge in [0.2, 0.25) is 0 Å². The molecule has 1 aromatic carbocycles. The van der Waals surface area contributed by atoms with Gasteiger partial charge in [-0.3, -0.25) is 4.79 Å². The van der Waals surface area contributed by atoms with Gasteiger partial charge in [-0.05, 0) is 43.0 Å². The first-order valence-corrected chi connectivity index (χ1v) is 6.06. The fraction of sp³-hybridized carbons (Fsp3) is 0.357. The molecule has 3 nitrogen and oxygen atoms in total. The molecule has 1 aliphatic rings. The first kappa shape index (κ1) is 11.3. The summed E-state index contributed by atoms with van der Waals surface area (Å²) < 4.78 is 14.0. The molecule has 0 unspecified atom stereocenters.